The van der Waals surface area contributed by atoms with Gasteiger partial charge in [-0.15, -0.1) is 0 Å². The predicted molar refractivity (Wildman–Crippen MR) is 103 cm³/mol. The van der Waals surface area contributed by atoms with Gasteiger partial charge in [-0.25, -0.2) is 0 Å². The van der Waals surface area contributed by atoms with E-state index >= 15 is 0 Å². The summed E-state index contributed by atoms with van der Waals surface area (Å²) in [5.41, 5.74) is 3.35. The first-order valence-electron chi connectivity index (χ1n) is 9.75. The highest BCUT2D eigenvalue weighted by Gasteiger charge is 2.31. The van der Waals surface area contributed by atoms with E-state index in [9.17, 15) is 9.59 Å². The molecule has 4 rings (SSSR count). The monoisotopic (exact) mass is 353 g/mol. The van der Waals surface area contributed by atoms with E-state index in [1.165, 1.54) is 29.3 Å². The molecule has 1 aromatic carbocycles. The summed E-state index contributed by atoms with van der Waals surface area (Å²) in [7, 11) is 2.07. The van der Waals surface area contributed by atoms with Gasteiger partial charge in [0.2, 0.25) is 12.3 Å². The molecule has 0 atom stereocenters. The van der Waals surface area contributed by atoms with Crippen molar-refractivity contribution in [1.82, 2.24) is 9.47 Å². The van der Waals surface area contributed by atoms with Gasteiger partial charge in [0.1, 0.15) is 0 Å². The number of piperidine rings is 1. The first-order valence-corrected chi connectivity index (χ1v) is 9.75. The fourth-order valence-electron chi connectivity index (χ4n) is 4.75. The second-order valence-corrected chi connectivity index (χ2v) is 7.77. The minimum atomic E-state index is 0.279. The van der Waals surface area contributed by atoms with E-state index in [-0.39, 0.29) is 5.92 Å². The summed E-state index contributed by atoms with van der Waals surface area (Å²) < 4.78 is 2.16. The molecule has 1 aliphatic carbocycles. The molecule has 1 N–H and O–H groups in total. The van der Waals surface area contributed by atoms with Crippen LogP contribution in [-0.4, -0.2) is 34.9 Å². The second-order valence-electron chi connectivity index (χ2n) is 7.77. The summed E-state index contributed by atoms with van der Waals surface area (Å²) in [6.45, 7) is 1.73. The van der Waals surface area contributed by atoms with Gasteiger partial charge in [-0.1, -0.05) is 12.8 Å². The normalized spacial score (nSPS) is 19.2. The number of nitrogens with one attached hydrogen (secondary N) is 1. The fourth-order valence-corrected chi connectivity index (χ4v) is 4.75. The van der Waals surface area contributed by atoms with Crippen molar-refractivity contribution in [3.63, 3.8) is 0 Å². The summed E-state index contributed by atoms with van der Waals surface area (Å²) in [5.74, 6) is 1.13. The molecule has 0 radical (unpaired) electrons. The standard InChI is InChI=1S/C21H27N3O2/c1-23-13-19(18-12-17(22-14-25)6-7-20(18)23)15-8-10-24(11-9-15)21(26)16-4-2-3-5-16/h6-7,12-16H,2-5,8-11H2,1H3,(H,22,25). The summed E-state index contributed by atoms with van der Waals surface area (Å²) in [5, 5.41) is 3.96. The first-order chi connectivity index (χ1) is 12.7. The average Bonchev–Trinajstić information content (AvgIpc) is 3.30. The lowest BCUT2D eigenvalue weighted by atomic mass is 9.88. The molecule has 2 fully saturated rings. The van der Waals surface area contributed by atoms with Gasteiger partial charge < -0.3 is 14.8 Å². The number of aryl methyl sites for hydroxylation is 1. The Morgan fingerprint density at radius 2 is 1.88 bits per heavy atom. The van der Waals surface area contributed by atoms with Crippen molar-refractivity contribution in [2.24, 2.45) is 13.0 Å². The van der Waals surface area contributed by atoms with Crippen molar-refractivity contribution in [3.05, 3.63) is 30.0 Å². The van der Waals surface area contributed by atoms with E-state index in [0.717, 1.165) is 50.9 Å². The zero-order chi connectivity index (χ0) is 18.1. The van der Waals surface area contributed by atoms with Crippen LogP contribution in [0.15, 0.2) is 24.4 Å². The first kappa shape index (κ1) is 17.1. The van der Waals surface area contributed by atoms with Crippen LogP contribution in [0.25, 0.3) is 10.9 Å². The van der Waals surface area contributed by atoms with Crippen LogP contribution in [0.1, 0.15) is 50.0 Å². The van der Waals surface area contributed by atoms with E-state index in [2.05, 4.69) is 40.2 Å². The van der Waals surface area contributed by atoms with E-state index in [0.29, 0.717) is 11.8 Å². The molecular formula is C21H27N3O2. The van der Waals surface area contributed by atoms with Gasteiger partial charge in [0, 0.05) is 48.8 Å². The number of nitrogens with zero attached hydrogens (tertiary/aromatic N) is 2. The Kier molecular flexibility index (Phi) is 4.70. The molecule has 2 heterocycles. The lowest BCUT2D eigenvalue weighted by Crippen LogP contribution is -2.40. The third kappa shape index (κ3) is 3.11. The minimum Gasteiger partial charge on any atom is -0.350 e. The zero-order valence-corrected chi connectivity index (χ0v) is 15.4. The highest BCUT2D eigenvalue weighted by molar-refractivity contribution is 5.89. The molecule has 1 aromatic heterocycles. The molecule has 0 spiro atoms. The molecule has 138 valence electrons. The number of anilines is 1. The van der Waals surface area contributed by atoms with Gasteiger partial charge in [-0.2, -0.15) is 0 Å². The van der Waals surface area contributed by atoms with Crippen LogP contribution in [-0.2, 0) is 16.6 Å². The molecule has 1 aliphatic heterocycles. The summed E-state index contributed by atoms with van der Waals surface area (Å²) in [6, 6.07) is 6.06. The largest absolute Gasteiger partial charge is 0.350 e. The maximum Gasteiger partial charge on any atom is 0.225 e. The Labute approximate surface area is 154 Å². The number of hydrogen-bond donors (Lipinski definition) is 1. The lowest BCUT2D eigenvalue weighted by molar-refractivity contribution is -0.136. The Morgan fingerprint density at radius 1 is 1.15 bits per heavy atom. The van der Waals surface area contributed by atoms with E-state index < -0.39 is 0 Å². The molecule has 1 saturated heterocycles. The molecule has 0 bridgehead atoms. The third-order valence-corrected chi connectivity index (χ3v) is 6.20. The maximum atomic E-state index is 12.7. The van der Waals surface area contributed by atoms with Crippen molar-refractivity contribution in [3.8, 4) is 0 Å². The number of hydrogen-bond acceptors (Lipinski definition) is 2. The van der Waals surface area contributed by atoms with Crippen LogP contribution < -0.4 is 5.32 Å². The Bertz CT molecular complexity index is 812. The number of carbonyl (C=O) groups is 2. The van der Waals surface area contributed by atoms with Crippen LogP contribution in [0.5, 0.6) is 0 Å². The van der Waals surface area contributed by atoms with Crippen molar-refractivity contribution in [2.45, 2.75) is 44.4 Å². The molecule has 2 aromatic rings. The van der Waals surface area contributed by atoms with Crippen molar-refractivity contribution in [2.75, 3.05) is 18.4 Å². The van der Waals surface area contributed by atoms with Gasteiger partial charge in [0.25, 0.3) is 0 Å². The van der Waals surface area contributed by atoms with Crippen molar-refractivity contribution in [1.29, 1.82) is 0 Å². The van der Waals surface area contributed by atoms with E-state index in [4.69, 9.17) is 0 Å². The van der Waals surface area contributed by atoms with E-state index in [1.54, 1.807) is 0 Å². The second kappa shape index (κ2) is 7.14. The smallest absolute Gasteiger partial charge is 0.225 e. The number of amides is 2. The van der Waals surface area contributed by atoms with Crippen molar-refractivity contribution < 1.29 is 9.59 Å². The lowest BCUT2D eigenvalue weighted by Gasteiger charge is -2.33. The summed E-state index contributed by atoms with van der Waals surface area (Å²) >= 11 is 0. The average molecular weight is 353 g/mol. The fraction of sp³-hybridized carbons (Fsp3) is 0.524. The maximum absolute atomic E-state index is 12.7. The Balaban J connectivity index is 1.51. The van der Waals surface area contributed by atoms with Crippen molar-refractivity contribution >= 4 is 28.9 Å². The number of likely N-dealkylation sites (tertiary alicyclic amines) is 1. The number of benzene rings is 1. The molecule has 26 heavy (non-hydrogen) atoms. The van der Waals surface area contributed by atoms with Gasteiger partial charge >= 0.3 is 0 Å². The Hall–Kier alpha value is -2.30. The van der Waals surface area contributed by atoms with Crippen LogP contribution in [0.3, 0.4) is 0 Å². The Morgan fingerprint density at radius 3 is 2.58 bits per heavy atom. The highest BCUT2D eigenvalue weighted by Crippen LogP contribution is 2.36. The zero-order valence-electron chi connectivity index (χ0n) is 15.4. The van der Waals surface area contributed by atoms with Gasteiger partial charge in [-0.05, 0) is 55.4 Å². The predicted octanol–water partition coefficient (Wildman–Crippen LogP) is 3.64. The van der Waals surface area contributed by atoms with Gasteiger partial charge in [0.15, 0.2) is 0 Å². The SMILES string of the molecule is Cn1cc(C2CCN(C(=O)C3CCCC3)CC2)c2cc(NC=O)ccc21. The molecule has 1 saturated carbocycles. The molecule has 2 amide bonds. The quantitative estimate of drug-likeness (QED) is 0.853. The van der Waals surface area contributed by atoms with Crippen LogP contribution in [0.4, 0.5) is 5.69 Å². The van der Waals surface area contributed by atoms with Crippen LogP contribution in [0, 0.1) is 5.92 Å². The molecular weight excluding hydrogens is 326 g/mol. The van der Waals surface area contributed by atoms with Gasteiger partial charge in [-0.3, -0.25) is 9.59 Å². The summed E-state index contributed by atoms with van der Waals surface area (Å²) in [4.78, 5) is 25.5. The topological polar surface area (TPSA) is 54.3 Å². The number of rotatable bonds is 4. The van der Waals surface area contributed by atoms with Crippen LogP contribution >= 0.6 is 0 Å². The molecule has 2 aliphatic rings. The summed E-state index contributed by atoms with van der Waals surface area (Å²) in [6.07, 6.45) is 9.54. The molecule has 0 unspecified atom stereocenters. The van der Waals surface area contributed by atoms with Crippen LogP contribution in [0.2, 0.25) is 0 Å². The molecule has 5 nitrogen and oxygen atoms in total. The number of carbonyl (C=O) groups excluding carboxylic acids is 2. The van der Waals surface area contributed by atoms with Gasteiger partial charge in [0.05, 0.1) is 0 Å². The van der Waals surface area contributed by atoms with E-state index in [1.807, 2.05) is 6.07 Å². The number of fused-ring (bicyclic) bond motifs is 1. The highest BCUT2D eigenvalue weighted by atomic mass is 16.2. The third-order valence-electron chi connectivity index (χ3n) is 6.20. The molecule has 5 heteroatoms. The minimum absolute atomic E-state index is 0.279. The number of aromatic nitrogens is 1.